The number of nitrogens with zero attached hydrogens (tertiary/aromatic N) is 1. The molecule has 4 nitrogen and oxygen atoms in total. The minimum absolute atomic E-state index is 0.162. The average molecular weight is 312 g/mol. The highest BCUT2D eigenvalue weighted by Crippen LogP contribution is 2.28. The molecule has 1 aromatic carbocycles. The van der Waals surface area contributed by atoms with Gasteiger partial charge in [0.1, 0.15) is 18.0 Å². The topological polar surface area (TPSA) is 41.9 Å². The third kappa shape index (κ3) is 3.69. The fourth-order valence-corrected chi connectivity index (χ4v) is 3.45. The SMILES string of the molecule is O[C@H]1[C@H](Oc2cccc(Cl)c2)CCC[C@@H]1N1CCOCC1. The van der Waals surface area contributed by atoms with Gasteiger partial charge in [-0.1, -0.05) is 17.7 Å². The van der Waals surface area contributed by atoms with E-state index in [1.54, 1.807) is 6.07 Å². The third-order valence-corrected chi connectivity index (χ3v) is 4.60. The molecule has 1 aromatic rings. The first-order valence-corrected chi connectivity index (χ1v) is 8.04. The van der Waals surface area contributed by atoms with Gasteiger partial charge in [0.05, 0.1) is 13.2 Å². The molecule has 0 amide bonds. The van der Waals surface area contributed by atoms with Gasteiger partial charge in [-0.25, -0.2) is 0 Å². The lowest BCUT2D eigenvalue weighted by Crippen LogP contribution is -2.55. The number of hydrogen-bond donors (Lipinski definition) is 1. The second-order valence-corrected chi connectivity index (χ2v) is 6.19. The number of aliphatic hydroxyl groups is 1. The van der Waals surface area contributed by atoms with Crippen LogP contribution in [0.2, 0.25) is 5.02 Å². The van der Waals surface area contributed by atoms with Crippen LogP contribution in [0.15, 0.2) is 24.3 Å². The van der Waals surface area contributed by atoms with Crippen molar-refractivity contribution in [2.45, 2.75) is 37.5 Å². The van der Waals surface area contributed by atoms with Crippen LogP contribution in [0.5, 0.6) is 5.75 Å². The Morgan fingerprint density at radius 1 is 1.24 bits per heavy atom. The Bertz CT molecular complexity index is 465. The number of rotatable bonds is 3. The van der Waals surface area contributed by atoms with E-state index < -0.39 is 6.10 Å². The van der Waals surface area contributed by atoms with Gasteiger partial charge in [-0.3, -0.25) is 4.90 Å². The second kappa shape index (κ2) is 6.97. The standard InChI is InChI=1S/C16H22ClNO3/c17-12-3-1-4-13(11-12)21-15-6-2-5-14(16(15)19)18-7-9-20-10-8-18/h1,3-4,11,14-16,19H,2,5-10H2/t14-,15+,16+/m0/s1. The summed E-state index contributed by atoms with van der Waals surface area (Å²) in [5.74, 6) is 0.731. The van der Waals surface area contributed by atoms with Gasteiger partial charge in [-0.05, 0) is 37.5 Å². The lowest BCUT2D eigenvalue weighted by atomic mass is 9.88. The molecule has 1 N–H and O–H groups in total. The van der Waals surface area contributed by atoms with Crippen LogP contribution in [0.1, 0.15) is 19.3 Å². The molecular formula is C16H22ClNO3. The van der Waals surface area contributed by atoms with Crippen molar-refractivity contribution in [3.63, 3.8) is 0 Å². The summed E-state index contributed by atoms with van der Waals surface area (Å²) in [6.07, 6.45) is 2.36. The van der Waals surface area contributed by atoms with Gasteiger partial charge in [0.2, 0.25) is 0 Å². The molecule has 1 aliphatic heterocycles. The Kier molecular flexibility index (Phi) is 5.01. The monoisotopic (exact) mass is 311 g/mol. The molecule has 1 saturated carbocycles. The maximum atomic E-state index is 10.7. The molecule has 0 unspecified atom stereocenters. The van der Waals surface area contributed by atoms with Gasteiger partial charge >= 0.3 is 0 Å². The number of aliphatic hydroxyl groups excluding tert-OH is 1. The van der Waals surface area contributed by atoms with Crippen LogP contribution in [-0.2, 0) is 4.74 Å². The summed E-state index contributed by atoms with van der Waals surface area (Å²) in [5, 5.41) is 11.3. The molecule has 0 spiro atoms. The van der Waals surface area contributed by atoms with E-state index in [0.29, 0.717) is 5.02 Å². The molecule has 21 heavy (non-hydrogen) atoms. The fourth-order valence-electron chi connectivity index (χ4n) is 3.27. The Hall–Kier alpha value is -0.810. The van der Waals surface area contributed by atoms with E-state index >= 15 is 0 Å². The minimum atomic E-state index is -0.462. The van der Waals surface area contributed by atoms with E-state index in [0.717, 1.165) is 51.3 Å². The summed E-state index contributed by atoms with van der Waals surface area (Å²) in [5.41, 5.74) is 0. The maximum Gasteiger partial charge on any atom is 0.126 e. The Balaban J connectivity index is 1.65. The molecule has 0 aromatic heterocycles. The fraction of sp³-hybridized carbons (Fsp3) is 0.625. The predicted octanol–water partition coefficient (Wildman–Crippen LogP) is 2.33. The van der Waals surface area contributed by atoms with Crippen LogP contribution < -0.4 is 4.74 Å². The van der Waals surface area contributed by atoms with E-state index in [9.17, 15) is 5.11 Å². The van der Waals surface area contributed by atoms with Crippen molar-refractivity contribution in [2.75, 3.05) is 26.3 Å². The number of hydrogen-bond acceptors (Lipinski definition) is 4. The van der Waals surface area contributed by atoms with Crippen LogP contribution in [-0.4, -0.2) is 54.6 Å². The summed E-state index contributed by atoms with van der Waals surface area (Å²) in [4.78, 5) is 2.33. The van der Waals surface area contributed by atoms with Gasteiger partial charge in [0, 0.05) is 24.2 Å². The lowest BCUT2D eigenvalue weighted by molar-refractivity contribution is -0.0775. The molecule has 2 aliphatic rings. The summed E-state index contributed by atoms with van der Waals surface area (Å²) in [6, 6.07) is 7.55. The number of morpholine rings is 1. The largest absolute Gasteiger partial charge is 0.488 e. The molecule has 3 atom stereocenters. The number of halogens is 1. The second-order valence-electron chi connectivity index (χ2n) is 5.75. The van der Waals surface area contributed by atoms with Crippen LogP contribution in [0.3, 0.4) is 0 Å². The summed E-state index contributed by atoms with van der Waals surface area (Å²) >= 11 is 5.98. The molecule has 1 aliphatic carbocycles. The quantitative estimate of drug-likeness (QED) is 0.930. The smallest absolute Gasteiger partial charge is 0.126 e. The maximum absolute atomic E-state index is 10.7. The third-order valence-electron chi connectivity index (χ3n) is 4.36. The van der Waals surface area contributed by atoms with Crippen molar-refractivity contribution in [3.05, 3.63) is 29.3 Å². The van der Waals surface area contributed by atoms with Gasteiger partial charge in [-0.15, -0.1) is 0 Å². The highest BCUT2D eigenvalue weighted by atomic mass is 35.5. The number of benzene rings is 1. The molecule has 116 valence electrons. The van der Waals surface area contributed by atoms with E-state index in [-0.39, 0.29) is 12.1 Å². The molecule has 5 heteroatoms. The summed E-state index contributed by atoms with van der Waals surface area (Å²) in [6.45, 7) is 3.29. The molecule has 0 radical (unpaired) electrons. The van der Waals surface area contributed by atoms with Gasteiger partial charge < -0.3 is 14.6 Å². The van der Waals surface area contributed by atoms with Gasteiger partial charge in [-0.2, -0.15) is 0 Å². The zero-order chi connectivity index (χ0) is 14.7. The van der Waals surface area contributed by atoms with Crippen LogP contribution >= 0.6 is 11.6 Å². The van der Waals surface area contributed by atoms with Crippen molar-refractivity contribution in [1.29, 1.82) is 0 Å². The molecule has 1 saturated heterocycles. The van der Waals surface area contributed by atoms with Crippen LogP contribution in [0.25, 0.3) is 0 Å². The molecule has 3 rings (SSSR count). The highest BCUT2D eigenvalue weighted by Gasteiger charge is 2.37. The van der Waals surface area contributed by atoms with E-state index in [2.05, 4.69) is 4.90 Å². The summed E-state index contributed by atoms with van der Waals surface area (Å²) in [7, 11) is 0. The normalized spacial score (nSPS) is 31.0. The number of ether oxygens (including phenoxy) is 2. The van der Waals surface area contributed by atoms with E-state index in [1.165, 1.54) is 0 Å². The molecule has 1 heterocycles. The minimum Gasteiger partial charge on any atom is -0.488 e. The first kappa shape index (κ1) is 15.1. The Morgan fingerprint density at radius 2 is 2.05 bits per heavy atom. The molecule has 0 bridgehead atoms. The van der Waals surface area contributed by atoms with Gasteiger partial charge in [0.15, 0.2) is 0 Å². The van der Waals surface area contributed by atoms with Crippen molar-refractivity contribution in [1.82, 2.24) is 4.90 Å². The lowest BCUT2D eigenvalue weighted by Gasteiger charge is -2.42. The molecular weight excluding hydrogens is 290 g/mol. The van der Waals surface area contributed by atoms with Gasteiger partial charge in [0.25, 0.3) is 0 Å². The first-order valence-electron chi connectivity index (χ1n) is 7.66. The molecule has 2 fully saturated rings. The van der Waals surface area contributed by atoms with Crippen LogP contribution in [0.4, 0.5) is 0 Å². The van der Waals surface area contributed by atoms with Crippen LogP contribution in [0, 0.1) is 0 Å². The summed E-state index contributed by atoms with van der Waals surface area (Å²) < 4.78 is 11.4. The Morgan fingerprint density at radius 3 is 2.81 bits per heavy atom. The Labute approximate surface area is 130 Å². The van der Waals surface area contributed by atoms with Crippen molar-refractivity contribution in [2.24, 2.45) is 0 Å². The zero-order valence-corrected chi connectivity index (χ0v) is 12.8. The average Bonchev–Trinajstić information content (AvgIpc) is 2.50. The first-order chi connectivity index (χ1) is 10.2. The van der Waals surface area contributed by atoms with E-state index in [4.69, 9.17) is 21.1 Å². The predicted molar refractivity (Wildman–Crippen MR) is 81.9 cm³/mol. The highest BCUT2D eigenvalue weighted by molar-refractivity contribution is 6.30. The van der Waals surface area contributed by atoms with E-state index in [1.807, 2.05) is 18.2 Å². The van der Waals surface area contributed by atoms with Crippen molar-refractivity contribution in [3.8, 4) is 5.75 Å². The zero-order valence-electron chi connectivity index (χ0n) is 12.1. The van der Waals surface area contributed by atoms with Crippen molar-refractivity contribution >= 4 is 11.6 Å². The van der Waals surface area contributed by atoms with Crippen molar-refractivity contribution < 1.29 is 14.6 Å².